The first-order chi connectivity index (χ1) is 15.1. The summed E-state index contributed by atoms with van der Waals surface area (Å²) < 4.78 is 11.4. The quantitative estimate of drug-likeness (QED) is 0.801. The molecule has 0 bridgehead atoms. The Morgan fingerprint density at radius 2 is 1.71 bits per heavy atom. The number of nitrogens with one attached hydrogen (secondary N) is 1. The van der Waals surface area contributed by atoms with Crippen LogP contribution in [-0.4, -0.2) is 49.1 Å². The second kappa shape index (κ2) is 9.86. The number of likely N-dealkylation sites (tertiary alicyclic amines) is 1. The molecule has 0 unspecified atom stereocenters. The molecule has 2 aromatic carbocycles. The van der Waals surface area contributed by atoms with Crippen molar-refractivity contribution in [2.45, 2.75) is 45.1 Å². The Morgan fingerprint density at radius 1 is 1.00 bits per heavy atom. The van der Waals surface area contributed by atoms with Gasteiger partial charge in [0.15, 0.2) is 11.5 Å². The second-order valence-corrected chi connectivity index (χ2v) is 8.33. The maximum Gasteiger partial charge on any atom is 0.253 e. The van der Waals surface area contributed by atoms with Gasteiger partial charge in [-0.25, -0.2) is 0 Å². The Bertz CT molecular complexity index is 918. The van der Waals surface area contributed by atoms with Crippen LogP contribution in [0.3, 0.4) is 0 Å². The summed E-state index contributed by atoms with van der Waals surface area (Å²) >= 11 is 0. The first-order valence-electron chi connectivity index (χ1n) is 11.1. The van der Waals surface area contributed by atoms with Crippen LogP contribution in [-0.2, 0) is 11.2 Å². The highest BCUT2D eigenvalue weighted by Gasteiger charge is 2.24. The lowest BCUT2D eigenvalue weighted by Gasteiger charge is -2.32. The lowest BCUT2D eigenvalue weighted by atomic mass is 10.0. The minimum Gasteiger partial charge on any atom is -0.490 e. The third kappa shape index (κ3) is 5.57. The molecule has 2 amide bonds. The van der Waals surface area contributed by atoms with Crippen molar-refractivity contribution < 1.29 is 19.1 Å². The topological polar surface area (TPSA) is 67.9 Å². The van der Waals surface area contributed by atoms with Gasteiger partial charge < -0.3 is 19.7 Å². The molecule has 2 aliphatic rings. The average Bonchev–Trinajstić information content (AvgIpc) is 3.03. The van der Waals surface area contributed by atoms with E-state index in [0.717, 1.165) is 47.5 Å². The molecule has 0 spiro atoms. The number of hydrogen-bond acceptors (Lipinski definition) is 4. The lowest BCUT2D eigenvalue weighted by molar-refractivity contribution is -0.122. The van der Waals surface area contributed by atoms with Gasteiger partial charge in [0.25, 0.3) is 5.91 Å². The molecule has 0 saturated carbocycles. The van der Waals surface area contributed by atoms with E-state index >= 15 is 0 Å². The molecule has 4 rings (SSSR count). The molecule has 0 radical (unpaired) electrons. The third-order valence-corrected chi connectivity index (χ3v) is 5.90. The maximum atomic E-state index is 12.6. The molecule has 2 aliphatic heterocycles. The Balaban J connectivity index is 1.22. The fourth-order valence-electron chi connectivity index (χ4n) is 4.03. The first kappa shape index (κ1) is 21.2. The van der Waals surface area contributed by atoms with Crippen LogP contribution in [0.15, 0.2) is 42.5 Å². The number of hydrogen-bond donors (Lipinski definition) is 1. The van der Waals surface area contributed by atoms with Crippen molar-refractivity contribution in [3.63, 3.8) is 0 Å². The minimum absolute atomic E-state index is 0.0513. The van der Waals surface area contributed by atoms with Crippen LogP contribution in [0, 0.1) is 6.92 Å². The summed E-state index contributed by atoms with van der Waals surface area (Å²) in [5, 5.41) is 3.14. The summed E-state index contributed by atoms with van der Waals surface area (Å²) in [7, 11) is 0. The van der Waals surface area contributed by atoms with Crippen LogP contribution in [0.5, 0.6) is 11.5 Å². The van der Waals surface area contributed by atoms with Crippen LogP contribution >= 0.6 is 0 Å². The van der Waals surface area contributed by atoms with Crippen molar-refractivity contribution in [2.75, 3.05) is 26.3 Å². The van der Waals surface area contributed by atoms with Gasteiger partial charge in [-0.1, -0.05) is 23.8 Å². The van der Waals surface area contributed by atoms with E-state index in [0.29, 0.717) is 39.1 Å². The van der Waals surface area contributed by atoms with E-state index in [9.17, 15) is 9.59 Å². The van der Waals surface area contributed by atoms with Gasteiger partial charge in [0.05, 0.1) is 13.2 Å². The van der Waals surface area contributed by atoms with E-state index in [4.69, 9.17) is 9.47 Å². The molecule has 2 heterocycles. The fraction of sp³-hybridized carbons (Fsp3) is 0.440. The molecule has 1 N–H and O–H groups in total. The smallest absolute Gasteiger partial charge is 0.253 e. The zero-order valence-corrected chi connectivity index (χ0v) is 18.1. The van der Waals surface area contributed by atoms with Crippen LogP contribution in [0.4, 0.5) is 0 Å². The van der Waals surface area contributed by atoms with E-state index in [1.165, 1.54) is 0 Å². The number of fused-ring (bicyclic) bond motifs is 1. The molecular formula is C25H30N2O4. The summed E-state index contributed by atoms with van der Waals surface area (Å²) in [6, 6.07) is 13.7. The van der Waals surface area contributed by atoms with E-state index in [-0.39, 0.29) is 17.9 Å². The highest BCUT2D eigenvalue weighted by atomic mass is 16.5. The zero-order valence-electron chi connectivity index (χ0n) is 18.1. The Labute approximate surface area is 183 Å². The number of rotatable bonds is 5. The van der Waals surface area contributed by atoms with Crippen LogP contribution in [0.25, 0.3) is 0 Å². The van der Waals surface area contributed by atoms with Crippen molar-refractivity contribution in [2.24, 2.45) is 0 Å². The highest BCUT2D eigenvalue weighted by Crippen LogP contribution is 2.30. The summed E-state index contributed by atoms with van der Waals surface area (Å²) in [5.41, 5.74) is 2.94. The molecule has 164 valence electrons. The van der Waals surface area contributed by atoms with Gasteiger partial charge in [0.1, 0.15) is 0 Å². The fourth-order valence-corrected chi connectivity index (χ4v) is 4.03. The molecule has 0 aromatic heterocycles. The highest BCUT2D eigenvalue weighted by molar-refractivity contribution is 5.94. The van der Waals surface area contributed by atoms with Crippen LogP contribution in [0.2, 0.25) is 0 Å². The Hall–Kier alpha value is -3.02. The van der Waals surface area contributed by atoms with E-state index < -0.39 is 0 Å². The van der Waals surface area contributed by atoms with Gasteiger partial charge >= 0.3 is 0 Å². The first-order valence-corrected chi connectivity index (χ1v) is 11.1. The van der Waals surface area contributed by atoms with Gasteiger partial charge in [-0.3, -0.25) is 9.59 Å². The number of amides is 2. The Morgan fingerprint density at radius 3 is 2.45 bits per heavy atom. The monoisotopic (exact) mass is 422 g/mol. The molecule has 6 heteroatoms. The van der Waals surface area contributed by atoms with Gasteiger partial charge in [0.2, 0.25) is 5.91 Å². The predicted octanol–water partition coefficient (Wildman–Crippen LogP) is 3.51. The number of piperidine rings is 1. The third-order valence-electron chi connectivity index (χ3n) is 5.90. The van der Waals surface area contributed by atoms with Gasteiger partial charge in [-0.15, -0.1) is 0 Å². The molecule has 0 atom stereocenters. The Kier molecular flexibility index (Phi) is 6.75. The van der Waals surface area contributed by atoms with Gasteiger partial charge in [-0.2, -0.15) is 0 Å². The van der Waals surface area contributed by atoms with E-state index in [1.807, 2.05) is 54.3 Å². The van der Waals surface area contributed by atoms with Crippen molar-refractivity contribution in [3.8, 4) is 11.5 Å². The molecule has 1 fully saturated rings. The predicted molar refractivity (Wildman–Crippen MR) is 119 cm³/mol. The lowest BCUT2D eigenvalue weighted by Crippen LogP contribution is -2.46. The molecule has 1 saturated heterocycles. The van der Waals surface area contributed by atoms with E-state index in [2.05, 4.69) is 5.32 Å². The molecule has 6 nitrogen and oxygen atoms in total. The number of carbonyl (C=O) groups is 2. The van der Waals surface area contributed by atoms with E-state index in [1.54, 1.807) is 0 Å². The summed E-state index contributed by atoms with van der Waals surface area (Å²) in [6.07, 6.45) is 3.54. The number of benzene rings is 2. The average molecular weight is 423 g/mol. The molecule has 2 aromatic rings. The normalized spacial score (nSPS) is 16.5. The summed E-state index contributed by atoms with van der Waals surface area (Å²) in [6.45, 7) is 4.67. The minimum atomic E-state index is 0.0513. The number of nitrogens with zero attached hydrogens (tertiary/aromatic N) is 1. The van der Waals surface area contributed by atoms with Crippen molar-refractivity contribution in [1.29, 1.82) is 0 Å². The SMILES string of the molecule is Cc1ccc(C(=O)N2CCC(NC(=O)CCc3ccc4c(c3)OCCCO4)CC2)cc1. The van der Waals surface area contributed by atoms with Gasteiger partial charge in [0, 0.05) is 37.5 Å². The number of ether oxygens (including phenoxy) is 2. The molecule has 31 heavy (non-hydrogen) atoms. The zero-order chi connectivity index (χ0) is 21.6. The largest absolute Gasteiger partial charge is 0.490 e. The maximum absolute atomic E-state index is 12.6. The van der Waals surface area contributed by atoms with Gasteiger partial charge in [-0.05, 0) is 56.0 Å². The van der Waals surface area contributed by atoms with Crippen molar-refractivity contribution in [1.82, 2.24) is 10.2 Å². The van der Waals surface area contributed by atoms with Crippen molar-refractivity contribution in [3.05, 3.63) is 59.2 Å². The van der Waals surface area contributed by atoms with Crippen molar-refractivity contribution >= 4 is 11.8 Å². The summed E-state index contributed by atoms with van der Waals surface area (Å²) in [5.74, 6) is 1.66. The summed E-state index contributed by atoms with van der Waals surface area (Å²) in [4.78, 5) is 27.0. The standard InChI is InChI=1S/C25H30N2O4/c1-18-3-7-20(8-4-18)25(29)27-13-11-21(12-14-27)26-24(28)10-6-19-5-9-22-23(17-19)31-16-2-15-30-22/h3-5,7-9,17,21H,2,6,10-16H2,1H3,(H,26,28). The number of aryl methyl sites for hydroxylation is 2. The molecular weight excluding hydrogens is 392 g/mol. The van der Waals surface area contributed by atoms with Crippen LogP contribution in [0.1, 0.15) is 47.2 Å². The number of carbonyl (C=O) groups excluding carboxylic acids is 2. The van der Waals surface area contributed by atoms with Crippen LogP contribution < -0.4 is 14.8 Å². The second-order valence-electron chi connectivity index (χ2n) is 8.33. The molecule has 0 aliphatic carbocycles.